The molecule has 104 valence electrons. The molecule has 2 nitrogen and oxygen atoms in total. The molecule has 0 aliphatic heterocycles. The second kappa shape index (κ2) is 9.50. The van der Waals surface area contributed by atoms with Gasteiger partial charge >= 0.3 is 12.1 Å². The summed E-state index contributed by atoms with van der Waals surface area (Å²) in [5.74, 6) is -0.745. The molecule has 0 saturated carbocycles. The van der Waals surface area contributed by atoms with Crippen LogP contribution in [0.4, 0.5) is 13.2 Å². The van der Waals surface area contributed by atoms with Crippen LogP contribution in [0.5, 0.6) is 0 Å². The van der Waals surface area contributed by atoms with E-state index in [9.17, 15) is 18.0 Å². The number of benzene rings is 1. The molecule has 1 aromatic rings. The summed E-state index contributed by atoms with van der Waals surface area (Å²) in [5.41, 5.74) is 0.237. The van der Waals surface area contributed by atoms with Crippen molar-refractivity contribution in [1.82, 2.24) is 0 Å². The fourth-order valence-electron chi connectivity index (χ4n) is 0.743. The van der Waals surface area contributed by atoms with Gasteiger partial charge in [0.1, 0.15) is 0 Å². The maximum Gasteiger partial charge on any atom is 0.416 e. The van der Waals surface area contributed by atoms with Gasteiger partial charge < -0.3 is 5.11 Å². The predicted molar refractivity (Wildman–Crippen MR) is 65.5 cm³/mol. The van der Waals surface area contributed by atoms with Gasteiger partial charge in [-0.15, -0.1) is 0 Å². The van der Waals surface area contributed by atoms with Crippen LogP contribution in [0.25, 0.3) is 0 Å². The van der Waals surface area contributed by atoms with Gasteiger partial charge in [-0.3, -0.25) is 4.79 Å². The Morgan fingerprint density at radius 2 is 1.50 bits per heavy atom. The molecule has 0 saturated heterocycles. The van der Waals surface area contributed by atoms with E-state index in [1.54, 1.807) is 13.8 Å². The van der Waals surface area contributed by atoms with E-state index in [1.807, 2.05) is 13.8 Å². The number of hydrogen-bond acceptors (Lipinski definition) is 1. The number of hydrogen-bond donors (Lipinski definition) is 1. The highest BCUT2D eigenvalue weighted by atomic mass is 19.4. The second-order valence-electron chi connectivity index (χ2n) is 3.11. The molecule has 1 N–H and O–H groups in total. The van der Waals surface area contributed by atoms with Crippen molar-refractivity contribution in [2.24, 2.45) is 0 Å². The first-order valence-corrected chi connectivity index (χ1v) is 5.63. The van der Waals surface area contributed by atoms with E-state index in [4.69, 9.17) is 5.11 Å². The Bertz CT molecular complexity index is 329. The summed E-state index contributed by atoms with van der Waals surface area (Å²) in [5, 5.41) is 7.72. The summed E-state index contributed by atoms with van der Waals surface area (Å²) in [6.45, 7) is 7.35. The molecule has 0 aliphatic rings. The zero-order valence-electron chi connectivity index (χ0n) is 11.0. The molecule has 0 amide bonds. The number of halogens is 3. The Balaban J connectivity index is 0. The standard InChI is InChI=1S/C8H7F3.C3H6O2.C2H6/c1-6-2-4-7(5-3-6)8(9,10)11;1-2-3(4)5;1-2/h2-5H,1H3;2H2,1H3,(H,4,5);1-2H3. The number of alkyl halides is 3. The lowest BCUT2D eigenvalue weighted by Crippen LogP contribution is -2.03. The Hall–Kier alpha value is -1.52. The third-order valence-electron chi connectivity index (χ3n) is 1.68. The molecule has 0 aromatic heterocycles. The summed E-state index contributed by atoms with van der Waals surface area (Å²) in [6.07, 6.45) is -3.99. The van der Waals surface area contributed by atoms with Crippen LogP contribution in [-0.2, 0) is 11.0 Å². The molecule has 0 fully saturated rings. The van der Waals surface area contributed by atoms with E-state index >= 15 is 0 Å². The van der Waals surface area contributed by atoms with Crippen LogP contribution in [-0.4, -0.2) is 11.1 Å². The molecule has 18 heavy (non-hydrogen) atoms. The number of rotatable bonds is 1. The molecule has 0 bridgehead atoms. The third kappa shape index (κ3) is 9.69. The fourth-order valence-corrected chi connectivity index (χ4v) is 0.743. The van der Waals surface area contributed by atoms with Crippen molar-refractivity contribution in [3.63, 3.8) is 0 Å². The maximum atomic E-state index is 11.9. The van der Waals surface area contributed by atoms with E-state index < -0.39 is 17.7 Å². The molecule has 0 unspecified atom stereocenters. The SMILES string of the molecule is CC.CCC(=O)O.Cc1ccc(C(F)(F)F)cc1. The number of carboxylic acid groups (broad SMARTS) is 1. The Kier molecular flexibility index (Phi) is 9.94. The monoisotopic (exact) mass is 264 g/mol. The van der Waals surface area contributed by atoms with Gasteiger partial charge in [0.15, 0.2) is 0 Å². The smallest absolute Gasteiger partial charge is 0.416 e. The summed E-state index contributed by atoms with van der Waals surface area (Å²) in [4.78, 5) is 9.37. The topological polar surface area (TPSA) is 37.3 Å². The van der Waals surface area contributed by atoms with Gasteiger partial charge in [-0.2, -0.15) is 13.2 Å². The quantitative estimate of drug-likeness (QED) is 0.809. The highest BCUT2D eigenvalue weighted by Crippen LogP contribution is 2.28. The minimum absolute atomic E-state index is 0.222. The average molecular weight is 264 g/mol. The van der Waals surface area contributed by atoms with E-state index in [1.165, 1.54) is 12.1 Å². The third-order valence-corrected chi connectivity index (χ3v) is 1.68. The molecular formula is C13H19F3O2. The number of aryl methyl sites for hydroxylation is 1. The molecule has 0 atom stereocenters. The number of aliphatic carboxylic acids is 1. The van der Waals surface area contributed by atoms with Gasteiger partial charge in [0.2, 0.25) is 0 Å². The summed E-state index contributed by atoms with van der Waals surface area (Å²) in [7, 11) is 0. The van der Waals surface area contributed by atoms with E-state index in [2.05, 4.69) is 0 Å². The fraction of sp³-hybridized carbons (Fsp3) is 0.462. The molecule has 0 aliphatic carbocycles. The lowest BCUT2D eigenvalue weighted by atomic mass is 10.1. The van der Waals surface area contributed by atoms with Crippen molar-refractivity contribution in [2.75, 3.05) is 0 Å². The lowest BCUT2D eigenvalue weighted by Gasteiger charge is -2.05. The average Bonchev–Trinajstić information content (AvgIpc) is 2.32. The van der Waals surface area contributed by atoms with Crippen molar-refractivity contribution >= 4 is 5.97 Å². The molecular weight excluding hydrogens is 245 g/mol. The first kappa shape index (κ1) is 18.8. The van der Waals surface area contributed by atoms with Gasteiger partial charge in [-0.25, -0.2) is 0 Å². The van der Waals surface area contributed by atoms with Crippen molar-refractivity contribution in [3.8, 4) is 0 Å². The summed E-state index contributed by atoms with van der Waals surface area (Å²) >= 11 is 0. The Morgan fingerprint density at radius 1 is 1.17 bits per heavy atom. The highest BCUT2D eigenvalue weighted by molar-refractivity contribution is 5.66. The van der Waals surface area contributed by atoms with Crippen LogP contribution >= 0.6 is 0 Å². The molecule has 5 heteroatoms. The van der Waals surface area contributed by atoms with Crippen LogP contribution in [0, 0.1) is 6.92 Å². The van der Waals surface area contributed by atoms with Gasteiger partial charge in [0.05, 0.1) is 5.56 Å². The van der Waals surface area contributed by atoms with E-state index in [-0.39, 0.29) is 6.42 Å². The molecule has 1 aromatic carbocycles. The van der Waals surface area contributed by atoms with Gasteiger partial charge in [-0.05, 0) is 19.1 Å². The van der Waals surface area contributed by atoms with Gasteiger partial charge in [-0.1, -0.05) is 38.5 Å². The highest BCUT2D eigenvalue weighted by Gasteiger charge is 2.29. The lowest BCUT2D eigenvalue weighted by molar-refractivity contribution is -0.138. The minimum Gasteiger partial charge on any atom is -0.481 e. The van der Waals surface area contributed by atoms with Crippen molar-refractivity contribution in [1.29, 1.82) is 0 Å². The van der Waals surface area contributed by atoms with Crippen LogP contribution in [0.15, 0.2) is 24.3 Å². The van der Waals surface area contributed by atoms with Crippen LogP contribution < -0.4 is 0 Å². The van der Waals surface area contributed by atoms with Gasteiger partial charge in [0, 0.05) is 6.42 Å². The van der Waals surface area contributed by atoms with Crippen molar-refractivity contribution in [3.05, 3.63) is 35.4 Å². The normalized spacial score (nSPS) is 9.50. The molecule has 1 rings (SSSR count). The largest absolute Gasteiger partial charge is 0.481 e. The zero-order valence-corrected chi connectivity index (χ0v) is 11.0. The summed E-state index contributed by atoms with van der Waals surface area (Å²) < 4.78 is 35.8. The van der Waals surface area contributed by atoms with Crippen LogP contribution in [0.3, 0.4) is 0 Å². The van der Waals surface area contributed by atoms with Crippen LogP contribution in [0.1, 0.15) is 38.3 Å². The zero-order chi connectivity index (χ0) is 14.8. The molecule has 0 heterocycles. The summed E-state index contributed by atoms with van der Waals surface area (Å²) in [6, 6.07) is 5.05. The van der Waals surface area contributed by atoms with E-state index in [0.29, 0.717) is 0 Å². The van der Waals surface area contributed by atoms with Crippen molar-refractivity contribution < 1.29 is 23.1 Å². The first-order chi connectivity index (χ1) is 8.27. The molecule has 0 radical (unpaired) electrons. The first-order valence-electron chi connectivity index (χ1n) is 5.63. The van der Waals surface area contributed by atoms with Gasteiger partial charge in [0.25, 0.3) is 0 Å². The van der Waals surface area contributed by atoms with E-state index in [0.717, 1.165) is 17.7 Å². The Morgan fingerprint density at radius 3 is 1.72 bits per heavy atom. The second-order valence-corrected chi connectivity index (χ2v) is 3.11. The maximum absolute atomic E-state index is 11.9. The molecule has 0 spiro atoms. The number of carbonyl (C=O) groups is 1. The van der Waals surface area contributed by atoms with Crippen LogP contribution in [0.2, 0.25) is 0 Å². The Labute approximate surface area is 105 Å². The minimum atomic E-state index is -4.21. The predicted octanol–water partition coefficient (Wildman–Crippen LogP) is 4.52. The number of carboxylic acids is 1. The van der Waals surface area contributed by atoms with Crippen molar-refractivity contribution in [2.45, 2.75) is 40.3 Å².